The van der Waals surface area contributed by atoms with Gasteiger partial charge < -0.3 is 16.2 Å². The lowest BCUT2D eigenvalue weighted by atomic mass is 10.3. The van der Waals surface area contributed by atoms with Crippen LogP contribution in [0.1, 0.15) is 10.5 Å². The van der Waals surface area contributed by atoms with Crippen molar-refractivity contribution in [2.75, 3.05) is 13.2 Å². The molecule has 0 atom stereocenters. The summed E-state index contributed by atoms with van der Waals surface area (Å²) in [5.41, 5.74) is 10.3. The van der Waals surface area contributed by atoms with Crippen molar-refractivity contribution in [3.05, 3.63) is 23.9 Å². The van der Waals surface area contributed by atoms with Gasteiger partial charge in [0.15, 0.2) is 0 Å². The molecule has 1 radical (unpaired) electrons. The Bertz CT molecular complexity index is 301. The molecule has 1 amide bonds. The zero-order chi connectivity index (χ0) is 9.68. The molecule has 69 valence electrons. The van der Waals surface area contributed by atoms with E-state index < -0.39 is 5.91 Å². The lowest BCUT2D eigenvalue weighted by Crippen LogP contribution is -2.15. The predicted octanol–water partition coefficient (Wildman–Crippen LogP) is -0.682. The highest BCUT2D eigenvalue weighted by Gasteiger charge is 2.03. The van der Waals surface area contributed by atoms with Crippen LogP contribution in [-0.2, 0) is 0 Å². The Kier molecular flexibility index (Phi) is 3.22. The van der Waals surface area contributed by atoms with E-state index >= 15 is 0 Å². The smallest absolute Gasteiger partial charge is 0.268 e. The summed E-state index contributed by atoms with van der Waals surface area (Å²) in [5.74, 6) is -0.295. The van der Waals surface area contributed by atoms with E-state index in [2.05, 4.69) is 11.1 Å². The topological polar surface area (TPSA) is 91.2 Å². The molecule has 13 heavy (non-hydrogen) atoms. The number of amides is 1. The molecular formula is C8H10N3O2. The number of ether oxygens (including phenoxy) is 1. The molecule has 1 aromatic rings. The van der Waals surface area contributed by atoms with Gasteiger partial charge in [0, 0.05) is 18.7 Å². The van der Waals surface area contributed by atoms with Crippen molar-refractivity contribution in [3.63, 3.8) is 0 Å². The van der Waals surface area contributed by atoms with Gasteiger partial charge in [0.2, 0.25) is 5.88 Å². The standard InChI is InChI=1S/C8H10N3O2/c9-4-5-13-7-3-1-2-6(11-7)8(10)12/h1,3H,4-5,9H2,(H2,10,12). The molecular weight excluding hydrogens is 170 g/mol. The maximum absolute atomic E-state index is 10.7. The highest BCUT2D eigenvalue weighted by molar-refractivity contribution is 5.90. The summed E-state index contributed by atoms with van der Waals surface area (Å²) in [6.07, 6.45) is 0. The van der Waals surface area contributed by atoms with Crippen molar-refractivity contribution in [3.8, 4) is 5.88 Å². The van der Waals surface area contributed by atoms with E-state index in [-0.39, 0.29) is 5.69 Å². The maximum atomic E-state index is 10.7. The summed E-state index contributed by atoms with van der Waals surface area (Å²) >= 11 is 0. The number of aromatic nitrogens is 1. The predicted molar refractivity (Wildman–Crippen MR) is 46.1 cm³/mol. The summed E-state index contributed by atoms with van der Waals surface area (Å²) in [6.45, 7) is 0.751. The van der Waals surface area contributed by atoms with Gasteiger partial charge >= 0.3 is 0 Å². The number of primary amides is 1. The second kappa shape index (κ2) is 4.42. The third kappa shape index (κ3) is 2.72. The molecule has 0 aromatic carbocycles. The van der Waals surface area contributed by atoms with E-state index in [1.807, 2.05) is 0 Å². The highest BCUT2D eigenvalue weighted by Crippen LogP contribution is 2.05. The second-order valence-corrected chi connectivity index (χ2v) is 2.28. The number of hydrogen-bond acceptors (Lipinski definition) is 4. The first-order valence-corrected chi connectivity index (χ1v) is 3.75. The van der Waals surface area contributed by atoms with E-state index in [1.165, 1.54) is 6.07 Å². The summed E-state index contributed by atoms with van der Waals surface area (Å²) < 4.78 is 5.08. The Morgan fingerprint density at radius 2 is 2.46 bits per heavy atom. The molecule has 4 N–H and O–H groups in total. The van der Waals surface area contributed by atoms with Gasteiger partial charge in [0.25, 0.3) is 5.91 Å². The summed E-state index contributed by atoms with van der Waals surface area (Å²) in [5, 5.41) is 0. The number of rotatable bonds is 4. The van der Waals surface area contributed by atoms with Crippen LogP contribution in [0, 0.1) is 6.07 Å². The van der Waals surface area contributed by atoms with Crippen molar-refractivity contribution < 1.29 is 9.53 Å². The Morgan fingerprint density at radius 3 is 3.08 bits per heavy atom. The minimum absolute atomic E-state index is 0.0644. The van der Waals surface area contributed by atoms with Gasteiger partial charge in [-0.25, -0.2) is 4.98 Å². The van der Waals surface area contributed by atoms with Gasteiger partial charge in [0.1, 0.15) is 12.3 Å². The average Bonchev–Trinajstić information content (AvgIpc) is 2.15. The lowest BCUT2D eigenvalue weighted by Gasteiger charge is -2.02. The zero-order valence-electron chi connectivity index (χ0n) is 6.99. The van der Waals surface area contributed by atoms with Crippen molar-refractivity contribution in [1.82, 2.24) is 4.98 Å². The van der Waals surface area contributed by atoms with Crippen molar-refractivity contribution in [2.24, 2.45) is 11.5 Å². The first-order chi connectivity index (χ1) is 6.24. The van der Waals surface area contributed by atoms with Crippen molar-refractivity contribution in [1.29, 1.82) is 0 Å². The van der Waals surface area contributed by atoms with Gasteiger partial charge in [-0.05, 0) is 6.07 Å². The highest BCUT2D eigenvalue weighted by atomic mass is 16.5. The van der Waals surface area contributed by atoms with Gasteiger partial charge in [0.05, 0.1) is 0 Å². The molecule has 0 saturated heterocycles. The van der Waals surface area contributed by atoms with Crippen molar-refractivity contribution >= 4 is 5.91 Å². The zero-order valence-corrected chi connectivity index (χ0v) is 6.99. The number of carbonyl (C=O) groups is 1. The number of carbonyl (C=O) groups excluding carboxylic acids is 1. The summed E-state index contributed by atoms with van der Waals surface area (Å²) in [6, 6.07) is 5.70. The largest absolute Gasteiger partial charge is 0.476 e. The molecule has 0 bridgehead atoms. The molecule has 1 rings (SSSR count). The number of nitrogens with zero attached hydrogens (tertiary/aromatic N) is 1. The van der Waals surface area contributed by atoms with Crippen LogP contribution in [0.4, 0.5) is 0 Å². The van der Waals surface area contributed by atoms with Crippen LogP contribution in [0.2, 0.25) is 0 Å². The molecule has 0 fully saturated rings. The molecule has 1 aromatic heterocycles. The van der Waals surface area contributed by atoms with E-state index in [1.54, 1.807) is 6.07 Å². The summed E-state index contributed by atoms with van der Waals surface area (Å²) in [4.78, 5) is 14.5. The number of pyridine rings is 1. The van der Waals surface area contributed by atoms with Gasteiger partial charge in [-0.1, -0.05) is 0 Å². The van der Waals surface area contributed by atoms with Gasteiger partial charge in [-0.3, -0.25) is 4.79 Å². The van der Waals surface area contributed by atoms with Crippen LogP contribution >= 0.6 is 0 Å². The fourth-order valence-corrected chi connectivity index (χ4v) is 0.742. The molecule has 5 heteroatoms. The molecule has 1 heterocycles. The van der Waals surface area contributed by atoms with Crippen molar-refractivity contribution in [2.45, 2.75) is 0 Å². The normalized spacial score (nSPS) is 9.62. The molecule has 5 nitrogen and oxygen atoms in total. The Morgan fingerprint density at radius 1 is 1.69 bits per heavy atom. The molecule has 0 spiro atoms. The van der Waals surface area contributed by atoms with Gasteiger partial charge in [-0.2, -0.15) is 0 Å². The Hall–Kier alpha value is -1.62. The average molecular weight is 180 g/mol. The molecule has 0 unspecified atom stereocenters. The lowest BCUT2D eigenvalue weighted by molar-refractivity contribution is 0.0994. The SMILES string of the molecule is NCCOc1cc[c]c(C(N)=O)n1. The van der Waals surface area contributed by atoms with Crippen LogP contribution in [-0.4, -0.2) is 24.0 Å². The van der Waals surface area contributed by atoms with E-state index in [0.717, 1.165) is 0 Å². The minimum atomic E-state index is -0.627. The molecule has 0 aliphatic heterocycles. The van der Waals surface area contributed by atoms with Gasteiger partial charge in [-0.15, -0.1) is 0 Å². The maximum Gasteiger partial charge on any atom is 0.268 e. The first kappa shape index (κ1) is 9.47. The molecule has 0 aliphatic carbocycles. The number of nitrogens with two attached hydrogens (primary N) is 2. The first-order valence-electron chi connectivity index (χ1n) is 3.75. The van der Waals surface area contributed by atoms with E-state index in [9.17, 15) is 4.79 Å². The molecule has 0 saturated carbocycles. The van der Waals surface area contributed by atoms with Crippen LogP contribution in [0.15, 0.2) is 12.1 Å². The summed E-state index contributed by atoms with van der Waals surface area (Å²) in [7, 11) is 0. The van der Waals surface area contributed by atoms with E-state index in [0.29, 0.717) is 19.0 Å². The van der Waals surface area contributed by atoms with E-state index in [4.69, 9.17) is 16.2 Å². The fraction of sp³-hybridized carbons (Fsp3) is 0.250. The van der Waals surface area contributed by atoms with Crippen LogP contribution < -0.4 is 16.2 Å². The molecule has 0 aliphatic rings. The van der Waals surface area contributed by atoms with Crippen LogP contribution in [0.25, 0.3) is 0 Å². The third-order valence-electron chi connectivity index (χ3n) is 1.27. The fourth-order valence-electron chi connectivity index (χ4n) is 0.742. The minimum Gasteiger partial charge on any atom is -0.476 e. The van der Waals surface area contributed by atoms with Crippen LogP contribution in [0.5, 0.6) is 5.88 Å². The second-order valence-electron chi connectivity index (χ2n) is 2.28. The Balaban J connectivity index is 2.73. The quantitative estimate of drug-likeness (QED) is 0.642. The third-order valence-corrected chi connectivity index (χ3v) is 1.27. The monoisotopic (exact) mass is 180 g/mol. The van der Waals surface area contributed by atoms with Crippen LogP contribution in [0.3, 0.4) is 0 Å². The Labute approximate surface area is 75.7 Å². The number of hydrogen-bond donors (Lipinski definition) is 2.